The highest BCUT2D eigenvalue weighted by atomic mass is 35.5. The molecule has 2 N–H and O–H groups in total. The Bertz CT molecular complexity index is 1940. The maximum Gasteiger partial charge on any atom is 0.254 e. The van der Waals surface area contributed by atoms with E-state index in [-0.39, 0.29) is 23.4 Å². The highest BCUT2D eigenvalue weighted by Crippen LogP contribution is 2.59. The van der Waals surface area contributed by atoms with E-state index in [4.69, 9.17) is 21.6 Å². The number of aromatic amines is 2. The molecule has 6 aromatic rings. The average molecular weight is 523 g/mol. The first-order chi connectivity index (χ1) is 18.5. The van der Waals surface area contributed by atoms with Gasteiger partial charge in [0.15, 0.2) is 0 Å². The van der Waals surface area contributed by atoms with Gasteiger partial charge in [-0.3, -0.25) is 14.5 Å². The maximum atomic E-state index is 13.6. The third-order valence-electron chi connectivity index (χ3n) is 7.60. The van der Waals surface area contributed by atoms with Gasteiger partial charge in [0, 0.05) is 39.2 Å². The molecule has 1 fully saturated rings. The van der Waals surface area contributed by atoms with Crippen molar-refractivity contribution in [3.05, 3.63) is 87.7 Å². The fourth-order valence-electron chi connectivity index (χ4n) is 5.70. The number of aromatic nitrogens is 10. The number of tetrazole rings is 1. The van der Waals surface area contributed by atoms with Crippen LogP contribution in [0.25, 0.3) is 39.1 Å². The minimum atomic E-state index is -0.187. The minimum Gasteiger partial charge on any atom is -0.340 e. The summed E-state index contributed by atoms with van der Waals surface area (Å²) in [6, 6.07) is 12.9. The Morgan fingerprint density at radius 2 is 2.05 bits per heavy atom. The van der Waals surface area contributed by atoms with E-state index in [9.17, 15) is 4.79 Å². The van der Waals surface area contributed by atoms with Crippen LogP contribution < -0.4 is 5.56 Å². The Kier molecular flexibility index (Phi) is 4.34. The third-order valence-corrected chi connectivity index (χ3v) is 7.83. The summed E-state index contributed by atoms with van der Waals surface area (Å²) in [6.07, 6.45) is 4.28. The van der Waals surface area contributed by atoms with Crippen LogP contribution in [-0.4, -0.2) is 49.9 Å². The highest BCUT2D eigenvalue weighted by molar-refractivity contribution is 6.31. The number of fused-ring (bicyclic) bond motifs is 4. The SMILES string of the molecule is Cc1[nH]nc2cc(-c3cnc(C4C5CC5c5nc(-c6cc(Cl)ccc6-n6cnnn6)cc(=O)n54)[nH]3)ccc12. The molecular formula is C26H19ClN10O. The highest BCUT2D eigenvalue weighted by Gasteiger charge is 2.55. The van der Waals surface area contributed by atoms with Gasteiger partial charge in [-0.25, -0.2) is 9.97 Å². The lowest BCUT2D eigenvalue weighted by atomic mass is 10.1. The van der Waals surface area contributed by atoms with Crippen LogP contribution >= 0.6 is 11.6 Å². The van der Waals surface area contributed by atoms with E-state index in [0.717, 1.165) is 45.9 Å². The largest absolute Gasteiger partial charge is 0.340 e. The van der Waals surface area contributed by atoms with Crippen LogP contribution in [0.1, 0.15) is 35.7 Å². The molecule has 2 aliphatic rings. The molecule has 0 saturated heterocycles. The molecule has 3 atom stereocenters. The number of nitrogens with zero attached hydrogens (tertiary/aromatic N) is 8. The molecule has 0 amide bonds. The second-order valence-corrected chi connectivity index (χ2v) is 10.3. The van der Waals surface area contributed by atoms with Crippen molar-refractivity contribution >= 4 is 22.5 Å². The van der Waals surface area contributed by atoms with Gasteiger partial charge in [-0.1, -0.05) is 23.7 Å². The van der Waals surface area contributed by atoms with E-state index < -0.39 is 0 Å². The molecule has 0 spiro atoms. The molecule has 4 aromatic heterocycles. The first-order valence-electron chi connectivity index (χ1n) is 12.2. The third kappa shape index (κ3) is 3.11. The molecule has 2 aromatic carbocycles. The first-order valence-corrected chi connectivity index (χ1v) is 12.6. The summed E-state index contributed by atoms with van der Waals surface area (Å²) in [5.41, 5.74) is 5.61. The molecule has 0 bridgehead atoms. The summed E-state index contributed by atoms with van der Waals surface area (Å²) < 4.78 is 3.32. The number of hydrogen-bond donors (Lipinski definition) is 2. The Morgan fingerprint density at radius 1 is 1.13 bits per heavy atom. The van der Waals surface area contributed by atoms with Gasteiger partial charge in [0.05, 0.1) is 34.8 Å². The number of H-pyrrole nitrogens is 2. The molecule has 186 valence electrons. The quantitative estimate of drug-likeness (QED) is 0.359. The molecule has 5 heterocycles. The van der Waals surface area contributed by atoms with Crippen LogP contribution in [0.15, 0.2) is 59.8 Å². The van der Waals surface area contributed by atoms with E-state index >= 15 is 0 Å². The van der Waals surface area contributed by atoms with Crippen molar-refractivity contribution < 1.29 is 0 Å². The van der Waals surface area contributed by atoms with Crippen molar-refractivity contribution in [2.45, 2.75) is 25.3 Å². The van der Waals surface area contributed by atoms with Gasteiger partial charge in [0.1, 0.15) is 18.0 Å². The van der Waals surface area contributed by atoms with Gasteiger partial charge in [-0.15, -0.1) is 5.10 Å². The van der Waals surface area contributed by atoms with E-state index in [1.165, 1.54) is 11.0 Å². The molecule has 12 heteroatoms. The van der Waals surface area contributed by atoms with E-state index in [1.807, 2.05) is 25.3 Å². The zero-order chi connectivity index (χ0) is 25.5. The zero-order valence-corrected chi connectivity index (χ0v) is 20.8. The maximum absolute atomic E-state index is 13.6. The summed E-state index contributed by atoms with van der Waals surface area (Å²) in [5, 5.41) is 20.5. The van der Waals surface area contributed by atoms with E-state index in [1.54, 1.807) is 22.8 Å². The van der Waals surface area contributed by atoms with E-state index in [0.29, 0.717) is 22.0 Å². The molecule has 3 unspecified atom stereocenters. The molecule has 0 radical (unpaired) electrons. The second kappa shape index (κ2) is 7.68. The number of hydrogen-bond acceptors (Lipinski definition) is 7. The van der Waals surface area contributed by atoms with E-state index in [2.05, 4.69) is 42.8 Å². The number of imidazole rings is 1. The van der Waals surface area contributed by atoms with Crippen molar-refractivity contribution in [2.24, 2.45) is 5.92 Å². The van der Waals surface area contributed by atoms with Gasteiger partial charge in [0.2, 0.25) is 0 Å². The van der Waals surface area contributed by atoms with Crippen LogP contribution in [0.3, 0.4) is 0 Å². The molecule has 11 nitrogen and oxygen atoms in total. The van der Waals surface area contributed by atoms with Gasteiger partial charge < -0.3 is 4.98 Å². The Balaban J connectivity index is 1.20. The minimum absolute atomic E-state index is 0.129. The molecule has 38 heavy (non-hydrogen) atoms. The van der Waals surface area contributed by atoms with Crippen molar-refractivity contribution in [3.8, 4) is 28.2 Å². The average Bonchev–Trinajstić information content (AvgIpc) is 3.35. The predicted molar refractivity (Wildman–Crippen MR) is 139 cm³/mol. The molecule has 8 rings (SSSR count). The van der Waals surface area contributed by atoms with Crippen molar-refractivity contribution in [1.29, 1.82) is 0 Å². The number of benzene rings is 2. The lowest BCUT2D eigenvalue weighted by Gasteiger charge is -2.17. The van der Waals surface area contributed by atoms with Gasteiger partial charge in [-0.2, -0.15) is 9.78 Å². The number of aryl methyl sites for hydroxylation is 1. The summed E-state index contributed by atoms with van der Waals surface area (Å²) in [7, 11) is 0. The van der Waals surface area contributed by atoms with Gasteiger partial charge in [-0.05, 0) is 54.0 Å². The lowest BCUT2D eigenvalue weighted by molar-refractivity contribution is 0.510. The fourth-order valence-corrected chi connectivity index (χ4v) is 5.87. The Hall–Kier alpha value is -4.64. The molecule has 1 aliphatic heterocycles. The molecule has 1 saturated carbocycles. The summed E-state index contributed by atoms with van der Waals surface area (Å²) >= 11 is 6.32. The monoisotopic (exact) mass is 522 g/mol. The van der Waals surface area contributed by atoms with Crippen LogP contribution in [0, 0.1) is 12.8 Å². The smallest absolute Gasteiger partial charge is 0.254 e. The Morgan fingerprint density at radius 3 is 2.92 bits per heavy atom. The number of rotatable bonds is 4. The number of halogens is 1. The van der Waals surface area contributed by atoms with Gasteiger partial charge in [0.25, 0.3) is 5.56 Å². The summed E-state index contributed by atoms with van der Waals surface area (Å²) in [5.74, 6) is 2.02. The standard InChI is InChI=1S/C26H19ClN10O/c1-12-15-4-2-13(6-20(15)33-32-12)21-10-28-25(30-21)24-16-8-17(16)26-31-19(9-23(38)37(24)26)18-7-14(27)3-5-22(18)36-11-29-34-35-36/h2-7,9-11,16-17,24H,8H2,1H3,(H,28,30)(H,32,33). The summed E-state index contributed by atoms with van der Waals surface area (Å²) in [4.78, 5) is 26.7. The van der Waals surface area contributed by atoms with Crippen molar-refractivity contribution in [3.63, 3.8) is 0 Å². The topological polar surface area (TPSA) is 136 Å². The normalized spacial score (nSPS) is 19.6. The second-order valence-electron chi connectivity index (χ2n) is 9.84. The molecule has 1 aliphatic carbocycles. The van der Waals surface area contributed by atoms with Crippen LogP contribution in [0.5, 0.6) is 0 Å². The zero-order valence-electron chi connectivity index (χ0n) is 20.0. The van der Waals surface area contributed by atoms with Crippen LogP contribution in [0.2, 0.25) is 5.02 Å². The predicted octanol–water partition coefficient (Wildman–Crippen LogP) is 3.82. The van der Waals surface area contributed by atoms with Crippen LogP contribution in [-0.2, 0) is 0 Å². The number of nitrogens with one attached hydrogen (secondary N) is 2. The first kappa shape index (κ1) is 21.4. The molecular weight excluding hydrogens is 504 g/mol. The van der Waals surface area contributed by atoms with Crippen LogP contribution in [0.4, 0.5) is 0 Å². The van der Waals surface area contributed by atoms with Crippen molar-refractivity contribution in [2.75, 3.05) is 0 Å². The fraction of sp³-hybridized carbons (Fsp3) is 0.192. The van der Waals surface area contributed by atoms with Crippen molar-refractivity contribution in [1.82, 2.24) is 49.9 Å². The summed E-state index contributed by atoms with van der Waals surface area (Å²) in [6.45, 7) is 2.00. The lowest BCUT2D eigenvalue weighted by Crippen LogP contribution is -2.27. The van der Waals surface area contributed by atoms with Gasteiger partial charge >= 0.3 is 0 Å². The Labute approximate surface area is 219 Å².